The van der Waals surface area contributed by atoms with Crippen LogP contribution < -0.4 is 4.74 Å². The third-order valence-electron chi connectivity index (χ3n) is 5.05. The van der Waals surface area contributed by atoms with Crippen LogP contribution in [-0.4, -0.2) is 34.0 Å². The summed E-state index contributed by atoms with van der Waals surface area (Å²) in [4.78, 5) is 26.8. The zero-order valence-corrected chi connectivity index (χ0v) is 15.5. The lowest BCUT2D eigenvalue weighted by Gasteiger charge is -2.28. The van der Waals surface area contributed by atoms with Gasteiger partial charge in [-0.25, -0.2) is 0 Å². The van der Waals surface area contributed by atoms with Gasteiger partial charge in [-0.15, -0.1) is 0 Å². The molecule has 1 saturated carbocycles. The minimum Gasteiger partial charge on any atom is -0.502 e. The molecular weight excluding hydrogens is 330 g/mol. The van der Waals surface area contributed by atoms with Crippen molar-refractivity contribution in [3.8, 4) is 5.75 Å². The number of aliphatic hydroxyl groups excluding tert-OH is 1. The number of benzene rings is 1. The quantitative estimate of drug-likeness (QED) is 0.819. The Hall–Kier alpha value is -2.30. The molecule has 2 amide bonds. The molecule has 1 heterocycles. The van der Waals surface area contributed by atoms with Gasteiger partial charge in [0.1, 0.15) is 5.75 Å². The summed E-state index contributed by atoms with van der Waals surface area (Å²) in [6.45, 7) is 3.88. The van der Waals surface area contributed by atoms with E-state index in [0.717, 1.165) is 38.5 Å². The molecule has 1 aromatic rings. The molecule has 0 unspecified atom stereocenters. The molecule has 1 N–H and O–H groups in total. The Morgan fingerprint density at radius 2 is 1.54 bits per heavy atom. The Morgan fingerprint density at radius 1 is 0.962 bits per heavy atom. The van der Waals surface area contributed by atoms with Crippen LogP contribution in [0.5, 0.6) is 5.75 Å². The van der Waals surface area contributed by atoms with Crippen molar-refractivity contribution in [2.24, 2.45) is 0 Å². The van der Waals surface area contributed by atoms with Gasteiger partial charge in [0.15, 0.2) is 5.76 Å². The number of imide groups is 1. The third kappa shape index (κ3) is 3.76. The maximum absolute atomic E-state index is 12.9. The summed E-state index contributed by atoms with van der Waals surface area (Å²) >= 11 is 0. The van der Waals surface area contributed by atoms with Crippen LogP contribution in [-0.2, 0) is 9.59 Å². The van der Waals surface area contributed by atoms with E-state index in [0.29, 0.717) is 11.3 Å². The fourth-order valence-corrected chi connectivity index (χ4v) is 3.79. The molecule has 1 aromatic carbocycles. The zero-order valence-electron chi connectivity index (χ0n) is 15.5. The topological polar surface area (TPSA) is 66.8 Å². The van der Waals surface area contributed by atoms with E-state index in [9.17, 15) is 14.7 Å². The van der Waals surface area contributed by atoms with Crippen LogP contribution in [0.15, 0.2) is 30.0 Å². The van der Waals surface area contributed by atoms with Crippen LogP contribution in [0, 0.1) is 0 Å². The lowest BCUT2D eigenvalue weighted by Crippen LogP contribution is -2.41. The second-order valence-corrected chi connectivity index (χ2v) is 7.39. The minimum atomic E-state index is -0.557. The predicted octanol–water partition coefficient (Wildman–Crippen LogP) is 4.22. The molecule has 1 aliphatic heterocycles. The molecule has 5 nitrogen and oxygen atoms in total. The van der Waals surface area contributed by atoms with Crippen molar-refractivity contribution in [3.05, 3.63) is 35.6 Å². The number of hydrogen-bond acceptors (Lipinski definition) is 4. The largest absolute Gasteiger partial charge is 0.502 e. The second-order valence-electron chi connectivity index (χ2n) is 7.39. The van der Waals surface area contributed by atoms with Gasteiger partial charge < -0.3 is 9.84 Å². The van der Waals surface area contributed by atoms with Gasteiger partial charge in [0, 0.05) is 6.04 Å². The lowest BCUT2D eigenvalue weighted by molar-refractivity contribution is -0.141. The molecule has 0 bridgehead atoms. The summed E-state index contributed by atoms with van der Waals surface area (Å²) in [5, 5.41) is 10.4. The van der Waals surface area contributed by atoms with Crippen molar-refractivity contribution in [2.75, 3.05) is 0 Å². The maximum atomic E-state index is 12.9. The number of aliphatic hydroxyl groups is 1. The van der Waals surface area contributed by atoms with Crippen LogP contribution in [0.3, 0.4) is 0 Å². The summed E-state index contributed by atoms with van der Waals surface area (Å²) in [7, 11) is 0. The molecule has 1 aliphatic carbocycles. The highest BCUT2D eigenvalue weighted by atomic mass is 16.5. The van der Waals surface area contributed by atoms with Crippen LogP contribution in [0.2, 0.25) is 0 Å². The molecule has 0 spiro atoms. The van der Waals surface area contributed by atoms with Gasteiger partial charge in [-0.1, -0.05) is 44.2 Å². The average Bonchev–Trinajstić information content (AvgIpc) is 2.78. The molecule has 0 atom stereocenters. The van der Waals surface area contributed by atoms with Crippen molar-refractivity contribution < 1.29 is 19.4 Å². The van der Waals surface area contributed by atoms with Gasteiger partial charge in [-0.05, 0) is 44.4 Å². The highest BCUT2D eigenvalue weighted by molar-refractivity contribution is 6.35. The Balaban J connectivity index is 1.81. The number of hydrogen-bond donors (Lipinski definition) is 1. The minimum absolute atomic E-state index is 0.0537. The highest BCUT2D eigenvalue weighted by Crippen LogP contribution is 2.33. The van der Waals surface area contributed by atoms with Crippen molar-refractivity contribution >= 4 is 17.4 Å². The van der Waals surface area contributed by atoms with E-state index in [4.69, 9.17) is 4.74 Å². The molecule has 140 valence electrons. The van der Waals surface area contributed by atoms with Crippen molar-refractivity contribution in [1.82, 2.24) is 4.90 Å². The normalized spacial score (nSPS) is 19.9. The fourth-order valence-electron chi connectivity index (χ4n) is 3.79. The average molecular weight is 357 g/mol. The monoisotopic (exact) mass is 357 g/mol. The number of carbonyl (C=O) groups is 2. The summed E-state index contributed by atoms with van der Waals surface area (Å²) in [5.74, 6) is -0.680. The van der Waals surface area contributed by atoms with Gasteiger partial charge in [0.2, 0.25) is 0 Å². The lowest BCUT2D eigenvalue weighted by atomic mass is 9.95. The first-order chi connectivity index (χ1) is 12.5. The van der Waals surface area contributed by atoms with E-state index in [2.05, 4.69) is 0 Å². The van der Waals surface area contributed by atoms with E-state index in [1.54, 1.807) is 24.3 Å². The number of carbonyl (C=O) groups excluding carboxylic acids is 2. The molecule has 1 fully saturated rings. The molecule has 3 rings (SSSR count). The standard InChI is InChI=1S/C21H27NO4/c1-14(2)26-17-12-10-15(11-13-17)18-19(23)21(25)22(20(18)24)16-8-6-4-3-5-7-9-16/h10-14,16,23H,3-9H2,1-2H3. The van der Waals surface area contributed by atoms with Gasteiger partial charge in [0.05, 0.1) is 11.7 Å². The summed E-state index contributed by atoms with van der Waals surface area (Å²) in [6, 6.07) is 6.84. The molecule has 2 aliphatic rings. The highest BCUT2D eigenvalue weighted by Gasteiger charge is 2.42. The summed E-state index contributed by atoms with van der Waals surface area (Å²) in [6.07, 6.45) is 7.20. The van der Waals surface area contributed by atoms with Crippen LogP contribution in [0.25, 0.3) is 5.57 Å². The Bertz CT molecular complexity index is 697. The molecular formula is C21H27NO4. The number of ether oxygens (including phenoxy) is 1. The van der Waals surface area contributed by atoms with Crippen molar-refractivity contribution in [2.45, 2.75) is 70.9 Å². The zero-order chi connectivity index (χ0) is 18.7. The van der Waals surface area contributed by atoms with Gasteiger partial charge in [-0.2, -0.15) is 0 Å². The number of nitrogens with zero attached hydrogens (tertiary/aromatic N) is 1. The Labute approximate surface area is 154 Å². The first kappa shape index (κ1) is 18.5. The molecule has 0 saturated heterocycles. The maximum Gasteiger partial charge on any atom is 0.296 e. The number of rotatable bonds is 4. The van der Waals surface area contributed by atoms with Crippen LogP contribution in [0.4, 0.5) is 0 Å². The summed E-state index contributed by atoms with van der Waals surface area (Å²) in [5.41, 5.74) is 0.651. The molecule has 26 heavy (non-hydrogen) atoms. The fraction of sp³-hybridized carbons (Fsp3) is 0.524. The summed E-state index contributed by atoms with van der Waals surface area (Å²) < 4.78 is 5.61. The first-order valence-corrected chi connectivity index (χ1v) is 9.57. The Kier molecular flexibility index (Phi) is 5.64. The van der Waals surface area contributed by atoms with Gasteiger partial charge in [-0.3, -0.25) is 14.5 Å². The van der Waals surface area contributed by atoms with Crippen molar-refractivity contribution in [1.29, 1.82) is 0 Å². The van der Waals surface area contributed by atoms with E-state index >= 15 is 0 Å². The van der Waals surface area contributed by atoms with Gasteiger partial charge >= 0.3 is 0 Å². The van der Waals surface area contributed by atoms with E-state index in [1.807, 2.05) is 13.8 Å². The second kappa shape index (κ2) is 7.94. The Morgan fingerprint density at radius 3 is 2.12 bits per heavy atom. The first-order valence-electron chi connectivity index (χ1n) is 9.57. The van der Waals surface area contributed by atoms with E-state index in [1.165, 1.54) is 11.3 Å². The molecule has 0 aromatic heterocycles. The van der Waals surface area contributed by atoms with Crippen LogP contribution >= 0.6 is 0 Å². The molecule has 0 radical (unpaired) electrons. The van der Waals surface area contributed by atoms with Gasteiger partial charge in [0.25, 0.3) is 11.8 Å². The number of amides is 2. The van der Waals surface area contributed by atoms with Crippen molar-refractivity contribution in [3.63, 3.8) is 0 Å². The SMILES string of the molecule is CC(C)Oc1ccc(C2=C(O)C(=O)N(C3CCCCCCC3)C2=O)cc1. The smallest absolute Gasteiger partial charge is 0.296 e. The molecule has 5 heteroatoms. The van der Waals surface area contributed by atoms with Crippen LogP contribution in [0.1, 0.15) is 64.4 Å². The third-order valence-corrected chi connectivity index (χ3v) is 5.05. The van der Waals surface area contributed by atoms with E-state index < -0.39 is 11.7 Å². The van der Waals surface area contributed by atoms with E-state index in [-0.39, 0.29) is 23.6 Å². The predicted molar refractivity (Wildman–Crippen MR) is 99.7 cm³/mol.